The highest BCUT2D eigenvalue weighted by molar-refractivity contribution is 7.80. The van der Waals surface area contributed by atoms with Crippen molar-refractivity contribution in [1.29, 1.82) is 0 Å². The number of rotatable bonds is 11. The van der Waals surface area contributed by atoms with Gasteiger partial charge in [0.2, 0.25) is 0 Å². The van der Waals surface area contributed by atoms with Crippen molar-refractivity contribution >= 4 is 12.6 Å². The quantitative estimate of drug-likeness (QED) is 0.346. The fourth-order valence-electron chi connectivity index (χ4n) is 1.99. The molecule has 92 valence electrons. The normalized spacial score (nSPS) is 13.0. The molecule has 0 saturated carbocycles. The molecule has 0 saturated heterocycles. The maximum atomic E-state index is 4.58. The van der Waals surface area contributed by atoms with Crippen LogP contribution in [0, 0.1) is 0 Å². The zero-order valence-electron chi connectivity index (χ0n) is 10.8. The van der Waals surface area contributed by atoms with E-state index < -0.39 is 0 Å². The van der Waals surface area contributed by atoms with Crippen LogP contribution in [0.15, 0.2) is 0 Å². The number of hydrogen-bond acceptors (Lipinski definition) is 1. The predicted octanol–water partition coefficient (Wildman–Crippen LogP) is 5.62. The number of unbranched alkanes of at least 4 members (excludes halogenated alkanes) is 7. The summed E-state index contributed by atoms with van der Waals surface area (Å²) in [5.41, 5.74) is 0. The molecule has 0 aliphatic rings. The number of hydrogen-bond donors (Lipinski definition) is 1. The van der Waals surface area contributed by atoms with Crippen LogP contribution in [0.1, 0.15) is 84.5 Å². The molecule has 0 aromatic rings. The van der Waals surface area contributed by atoms with E-state index in [9.17, 15) is 0 Å². The fourth-order valence-corrected chi connectivity index (χ4v) is 2.43. The van der Waals surface area contributed by atoms with E-state index in [2.05, 4.69) is 26.5 Å². The first-order valence-corrected chi connectivity index (χ1v) is 7.51. The van der Waals surface area contributed by atoms with Crippen LogP contribution >= 0.6 is 12.6 Å². The van der Waals surface area contributed by atoms with Gasteiger partial charge >= 0.3 is 0 Å². The average Bonchev–Trinajstić information content (AvgIpc) is 2.22. The monoisotopic (exact) mass is 230 g/mol. The molecule has 0 aliphatic heterocycles. The van der Waals surface area contributed by atoms with Crippen molar-refractivity contribution in [3.63, 3.8) is 0 Å². The van der Waals surface area contributed by atoms with Crippen molar-refractivity contribution in [3.8, 4) is 0 Å². The van der Waals surface area contributed by atoms with E-state index in [4.69, 9.17) is 0 Å². The van der Waals surface area contributed by atoms with Crippen molar-refractivity contribution in [3.05, 3.63) is 0 Å². The largest absolute Gasteiger partial charge is 0.176 e. The lowest BCUT2D eigenvalue weighted by Gasteiger charge is -2.08. The Labute approximate surface area is 103 Å². The number of thiol groups is 1. The van der Waals surface area contributed by atoms with Gasteiger partial charge in [-0.3, -0.25) is 0 Å². The second-order valence-corrected chi connectivity index (χ2v) is 5.44. The van der Waals surface area contributed by atoms with Crippen LogP contribution in [0.3, 0.4) is 0 Å². The molecule has 0 aromatic heterocycles. The first-order valence-electron chi connectivity index (χ1n) is 6.99. The smallest absolute Gasteiger partial charge is 0.00167 e. The molecule has 0 rings (SSSR count). The van der Waals surface area contributed by atoms with Crippen molar-refractivity contribution in [2.75, 3.05) is 0 Å². The molecule has 0 nitrogen and oxygen atoms in total. The zero-order chi connectivity index (χ0) is 11.4. The highest BCUT2D eigenvalue weighted by Crippen LogP contribution is 2.15. The lowest BCUT2D eigenvalue weighted by molar-refractivity contribution is 0.553. The Morgan fingerprint density at radius 2 is 1.20 bits per heavy atom. The van der Waals surface area contributed by atoms with Gasteiger partial charge in [-0.1, -0.05) is 71.6 Å². The lowest BCUT2D eigenvalue weighted by atomic mass is 10.1. The van der Waals surface area contributed by atoms with Gasteiger partial charge in [-0.15, -0.1) is 0 Å². The Hall–Kier alpha value is 0.350. The van der Waals surface area contributed by atoms with Gasteiger partial charge < -0.3 is 0 Å². The first-order chi connectivity index (χ1) is 7.31. The average molecular weight is 230 g/mol. The maximum Gasteiger partial charge on any atom is 0.00167 e. The summed E-state index contributed by atoms with van der Waals surface area (Å²) in [4.78, 5) is 0. The molecule has 1 atom stereocenters. The van der Waals surface area contributed by atoms with E-state index >= 15 is 0 Å². The lowest BCUT2D eigenvalue weighted by Crippen LogP contribution is -1.97. The highest BCUT2D eigenvalue weighted by Gasteiger charge is 2.00. The fraction of sp³-hybridized carbons (Fsp3) is 1.00. The van der Waals surface area contributed by atoms with Gasteiger partial charge in [0.1, 0.15) is 0 Å². The highest BCUT2D eigenvalue weighted by atomic mass is 32.1. The topological polar surface area (TPSA) is 0 Å². The van der Waals surface area contributed by atoms with Crippen molar-refractivity contribution < 1.29 is 0 Å². The molecule has 15 heavy (non-hydrogen) atoms. The molecule has 0 amide bonds. The molecular weight excluding hydrogens is 200 g/mol. The summed E-state index contributed by atoms with van der Waals surface area (Å²) in [6, 6.07) is 0. The van der Waals surface area contributed by atoms with Crippen LogP contribution in [0.25, 0.3) is 0 Å². The molecule has 0 bridgehead atoms. The Bertz CT molecular complexity index is 112. The third-order valence-corrected chi connectivity index (χ3v) is 3.53. The maximum absolute atomic E-state index is 4.58. The van der Waals surface area contributed by atoms with E-state index in [1.54, 1.807) is 0 Å². The zero-order valence-corrected chi connectivity index (χ0v) is 11.7. The van der Waals surface area contributed by atoms with Crippen LogP contribution in [-0.2, 0) is 0 Å². The van der Waals surface area contributed by atoms with Gasteiger partial charge in [0.05, 0.1) is 0 Å². The van der Waals surface area contributed by atoms with Crippen LogP contribution in [0.2, 0.25) is 0 Å². The third kappa shape index (κ3) is 12.3. The second kappa shape index (κ2) is 12.4. The molecule has 0 spiro atoms. The molecule has 0 aliphatic carbocycles. The third-order valence-electron chi connectivity index (χ3n) is 3.01. The van der Waals surface area contributed by atoms with Gasteiger partial charge in [-0.05, 0) is 12.8 Å². The minimum Gasteiger partial charge on any atom is -0.176 e. The molecule has 1 heteroatoms. The van der Waals surface area contributed by atoms with Crippen molar-refractivity contribution in [1.82, 2.24) is 0 Å². The van der Waals surface area contributed by atoms with Gasteiger partial charge in [0.15, 0.2) is 0 Å². The summed E-state index contributed by atoms with van der Waals surface area (Å²) >= 11 is 4.58. The summed E-state index contributed by atoms with van der Waals surface area (Å²) in [5.74, 6) is 0. The summed E-state index contributed by atoms with van der Waals surface area (Å²) in [7, 11) is 0. The minimum absolute atomic E-state index is 0.662. The van der Waals surface area contributed by atoms with Crippen LogP contribution in [-0.4, -0.2) is 5.25 Å². The SMILES string of the molecule is CCCCCCCCCCC(S)CCC. The molecule has 0 heterocycles. The molecule has 0 radical (unpaired) electrons. The first kappa shape index (κ1) is 15.3. The van der Waals surface area contributed by atoms with Gasteiger partial charge in [-0.2, -0.15) is 12.6 Å². The Kier molecular flexibility index (Phi) is 12.7. The van der Waals surface area contributed by atoms with E-state index in [0.29, 0.717) is 5.25 Å². The molecule has 1 unspecified atom stereocenters. The molecule has 0 fully saturated rings. The molecular formula is C14H30S. The summed E-state index contributed by atoms with van der Waals surface area (Å²) in [5, 5.41) is 0.662. The van der Waals surface area contributed by atoms with E-state index in [-0.39, 0.29) is 0 Å². The summed E-state index contributed by atoms with van der Waals surface area (Å²) in [6.45, 7) is 4.53. The van der Waals surface area contributed by atoms with Crippen molar-refractivity contribution in [2.24, 2.45) is 0 Å². The van der Waals surface area contributed by atoms with Gasteiger partial charge in [0.25, 0.3) is 0 Å². The van der Waals surface area contributed by atoms with Gasteiger partial charge in [0, 0.05) is 5.25 Å². The van der Waals surface area contributed by atoms with Crippen LogP contribution < -0.4 is 0 Å². The minimum atomic E-state index is 0.662. The Balaban J connectivity index is 2.98. The van der Waals surface area contributed by atoms with E-state index in [1.165, 1.54) is 70.6 Å². The Morgan fingerprint density at radius 3 is 1.73 bits per heavy atom. The molecule has 0 N–H and O–H groups in total. The van der Waals surface area contributed by atoms with Crippen LogP contribution in [0.4, 0.5) is 0 Å². The summed E-state index contributed by atoms with van der Waals surface area (Å²) in [6.07, 6.45) is 15.3. The van der Waals surface area contributed by atoms with Crippen LogP contribution in [0.5, 0.6) is 0 Å². The standard InChI is InChI=1S/C14H30S/c1-3-5-6-7-8-9-10-11-13-14(15)12-4-2/h14-15H,3-13H2,1-2H3. The molecule has 0 aromatic carbocycles. The van der Waals surface area contributed by atoms with E-state index in [0.717, 1.165) is 0 Å². The second-order valence-electron chi connectivity index (χ2n) is 4.71. The Morgan fingerprint density at radius 1 is 0.667 bits per heavy atom. The van der Waals surface area contributed by atoms with Crippen molar-refractivity contribution in [2.45, 2.75) is 89.7 Å². The van der Waals surface area contributed by atoms with E-state index in [1.807, 2.05) is 0 Å². The van der Waals surface area contributed by atoms with Gasteiger partial charge in [-0.25, -0.2) is 0 Å². The summed E-state index contributed by atoms with van der Waals surface area (Å²) < 4.78 is 0. The predicted molar refractivity (Wildman–Crippen MR) is 74.9 cm³/mol.